The van der Waals surface area contributed by atoms with Crippen LogP contribution in [0.25, 0.3) is 11.1 Å². The summed E-state index contributed by atoms with van der Waals surface area (Å²) in [5.41, 5.74) is 13.7. The number of nitrogens with zero attached hydrogens (tertiary/aromatic N) is 1. The average molecular weight is 819 g/mol. The number of carbonyl (C=O) groups is 6. The van der Waals surface area contributed by atoms with Crippen LogP contribution in [-0.2, 0) is 19.2 Å². The molecule has 0 spiro atoms. The molecule has 16 nitrogen and oxygen atoms in total. The van der Waals surface area contributed by atoms with Gasteiger partial charge in [-0.25, -0.2) is 4.98 Å². The summed E-state index contributed by atoms with van der Waals surface area (Å²) in [5.74, 6) is -4.76. The van der Waals surface area contributed by atoms with Crippen molar-refractivity contribution in [2.45, 2.75) is 76.5 Å². The third kappa shape index (κ3) is 12.2. The number of hydrogen-bond donors (Lipinski definition) is 8. The molecule has 2 aromatic carbocycles. The molecule has 0 aliphatic rings. The van der Waals surface area contributed by atoms with E-state index in [9.17, 15) is 33.9 Å². The summed E-state index contributed by atoms with van der Waals surface area (Å²) in [4.78, 5) is 81.1. The topological polar surface area (TPSA) is 261 Å². The van der Waals surface area contributed by atoms with Gasteiger partial charge in [-0.2, -0.15) is 0 Å². The summed E-state index contributed by atoms with van der Waals surface area (Å²) < 4.78 is 6.08. The van der Waals surface area contributed by atoms with E-state index in [1.54, 1.807) is 24.3 Å². The van der Waals surface area contributed by atoms with E-state index in [0.29, 0.717) is 24.9 Å². The predicted octanol–water partition coefficient (Wildman–Crippen LogP) is 0.333. The SMILES string of the molecule is C[C@H](NC(=O)c1ccc(-c2ccc(I)cc2)cc1)C(=O)N[C@H](C(=O)N[C@@H](N)C(=O)N[C@@H](CCCCN)C(=O)N[C@@H](C)C(=O)c1ncco1)[C@@H](C)O. The first-order valence-corrected chi connectivity index (χ1v) is 17.3. The van der Waals surface area contributed by atoms with E-state index in [0.717, 1.165) is 14.7 Å². The summed E-state index contributed by atoms with van der Waals surface area (Å²) in [5, 5.41) is 22.4. The molecule has 0 aliphatic heterocycles. The van der Waals surface area contributed by atoms with Crippen LogP contribution < -0.4 is 38.1 Å². The van der Waals surface area contributed by atoms with Gasteiger partial charge in [-0.1, -0.05) is 24.3 Å². The quantitative estimate of drug-likeness (QED) is 0.0376. The van der Waals surface area contributed by atoms with Crippen molar-refractivity contribution in [1.29, 1.82) is 0 Å². The molecule has 1 heterocycles. The second kappa shape index (κ2) is 19.6. The Bertz CT molecular complexity index is 1650. The third-order valence-corrected chi connectivity index (χ3v) is 8.40. The Hall–Kier alpha value is -4.72. The minimum Gasteiger partial charge on any atom is -0.442 e. The lowest BCUT2D eigenvalue weighted by Crippen LogP contribution is -2.62. The number of nitrogens with two attached hydrogens (primary N) is 2. The highest BCUT2D eigenvalue weighted by atomic mass is 127. The van der Waals surface area contributed by atoms with Crippen molar-refractivity contribution in [2.75, 3.05) is 6.54 Å². The van der Waals surface area contributed by atoms with Crippen LogP contribution in [0.15, 0.2) is 65.4 Å². The van der Waals surface area contributed by atoms with E-state index < -0.39 is 71.8 Å². The van der Waals surface area contributed by atoms with Crippen molar-refractivity contribution in [3.63, 3.8) is 0 Å². The molecule has 0 aliphatic carbocycles. The molecule has 0 radical (unpaired) electrons. The molecule has 0 saturated carbocycles. The van der Waals surface area contributed by atoms with Gasteiger partial charge in [0.05, 0.1) is 18.3 Å². The van der Waals surface area contributed by atoms with E-state index in [-0.39, 0.29) is 12.3 Å². The predicted molar refractivity (Wildman–Crippen MR) is 195 cm³/mol. The van der Waals surface area contributed by atoms with Crippen LogP contribution in [0.5, 0.6) is 0 Å². The molecule has 10 N–H and O–H groups in total. The van der Waals surface area contributed by atoms with Crippen molar-refractivity contribution >= 4 is 57.9 Å². The molecule has 5 amide bonds. The van der Waals surface area contributed by atoms with Crippen molar-refractivity contribution in [3.8, 4) is 11.1 Å². The first kappa shape index (κ1) is 40.7. The normalized spacial score (nSPS) is 14.5. The van der Waals surface area contributed by atoms with Gasteiger partial charge < -0.3 is 47.6 Å². The summed E-state index contributed by atoms with van der Waals surface area (Å²) in [7, 11) is 0. The highest BCUT2D eigenvalue weighted by Gasteiger charge is 2.32. The molecule has 0 bridgehead atoms. The fourth-order valence-corrected chi connectivity index (χ4v) is 5.09. The standard InChI is InChI=1S/C34H43IN8O8/c1-18(27(45)34-38-16-17-51-34)39-31(48)25(6-4-5-15-36)41-33(50)28(37)43-32(49)26(20(3)44)42-29(46)19(2)40-30(47)23-9-7-21(8-10-23)22-11-13-24(35)14-12-22/h7-14,16-20,25-26,28,44H,4-6,15,36-37H2,1-3H3,(H,39,48)(H,40,47)(H,41,50)(H,42,46)(H,43,49)/t18-,19-,20+,25-,26-,28+/m0/s1. The maximum atomic E-state index is 13.1. The van der Waals surface area contributed by atoms with E-state index in [1.165, 1.54) is 33.2 Å². The number of unbranched alkanes of at least 4 members (excludes halogenated alkanes) is 1. The van der Waals surface area contributed by atoms with Gasteiger partial charge in [-0.3, -0.25) is 28.8 Å². The molecule has 0 saturated heterocycles. The summed E-state index contributed by atoms with van der Waals surface area (Å²) >= 11 is 2.21. The average Bonchev–Trinajstić information content (AvgIpc) is 3.65. The van der Waals surface area contributed by atoms with Crippen LogP contribution in [0.3, 0.4) is 0 Å². The van der Waals surface area contributed by atoms with Crippen LogP contribution in [0.2, 0.25) is 0 Å². The number of Topliss-reactive ketones (excluding diaryl/α,β-unsaturated/α-hetero) is 1. The number of oxazole rings is 1. The van der Waals surface area contributed by atoms with Crippen LogP contribution in [0.4, 0.5) is 0 Å². The summed E-state index contributed by atoms with van der Waals surface area (Å²) in [6.07, 6.45) is 0.496. The molecule has 3 aromatic rings. The number of aliphatic hydroxyl groups is 1. The molecule has 3 rings (SSSR count). The Kier molecular flexibility index (Phi) is 15.7. The largest absolute Gasteiger partial charge is 0.442 e. The van der Waals surface area contributed by atoms with Crippen LogP contribution >= 0.6 is 22.6 Å². The molecule has 51 heavy (non-hydrogen) atoms. The summed E-state index contributed by atoms with van der Waals surface area (Å²) in [6, 6.07) is 9.81. The van der Waals surface area contributed by atoms with Crippen molar-refractivity contribution < 1.29 is 38.3 Å². The highest BCUT2D eigenvalue weighted by molar-refractivity contribution is 14.1. The first-order valence-electron chi connectivity index (χ1n) is 16.2. The number of ketones is 1. The number of rotatable bonds is 18. The molecule has 0 unspecified atom stereocenters. The van der Waals surface area contributed by atoms with Gasteiger partial charge in [0.25, 0.3) is 17.7 Å². The van der Waals surface area contributed by atoms with Crippen molar-refractivity contribution in [1.82, 2.24) is 31.6 Å². The molecule has 274 valence electrons. The minimum absolute atomic E-state index is 0.141. The number of hydrogen-bond acceptors (Lipinski definition) is 11. The Morgan fingerprint density at radius 2 is 1.41 bits per heavy atom. The fraction of sp³-hybridized carbons (Fsp3) is 0.382. The lowest BCUT2D eigenvalue weighted by atomic mass is 10.0. The lowest BCUT2D eigenvalue weighted by molar-refractivity contribution is -0.135. The number of benzene rings is 2. The Labute approximate surface area is 308 Å². The van der Waals surface area contributed by atoms with E-state index >= 15 is 0 Å². The first-order chi connectivity index (χ1) is 24.2. The summed E-state index contributed by atoms with van der Waals surface area (Å²) in [6.45, 7) is 4.41. The zero-order chi connectivity index (χ0) is 37.7. The second-order valence-corrected chi connectivity index (χ2v) is 13.0. The zero-order valence-electron chi connectivity index (χ0n) is 28.4. The number of aliphatic hydroxyl groups excluding tert-OH is 1. The molecule has 1 aromatic heterocycles. The maximum absolute atomic E-state index is 13.1. The molecular weight excluding hydrogens is 775 g/mol. The van der Waals surface area contributed by atoms with Gasteiger partial charge in [0.1, 0.15) is 24.4 Å². The number of aromatic nitrogens is 1. The second-order valence-electron chi connectivity index (χ2n) is 11.8. The lowest BCUT2D eigenvalue weighted by Gasteiger charge is -2.26. The highest BCUT2D eigenvalue weighted by Crippen LogP contribution is 2.21. The number of amides is 5. The monoisotopic (exact) mass is 818 g/mol. The molecule has 0 fully saturated rings. The number of halogens is 1. The van der Waals surface area contributed by atoms with Gasteiger partial charge >= 0.3 is 0 Å². The van der Waals surface area contributed by atoms with Gasteiger partial charge in [-0.15, -0.1) is 0 Å². The van der Waals surface area contributed by atoms with E-state index in [4.69, 9.17) is 15.9 Å². The Morgan fingerprint density at radius 3 is 1.98 bits per heavy atom. The number of carbonyl (C=O) groups excluding carboxylic acids is 6. The van der Waals surface area contributed by atoms with Gasteiger partial charge in [0, 0.05) is 9.13 Å². The van der Waals surface area contributed by atoms with Crippen LogP contribution in [-0.4, -0.2) is 88.4 Å². The van der Waals surface area contributed by atoms with Gasteiger partial charge in [-0.05, 0) is 105 Å². The third-order valence-electron chi connectivity index (χ3n) is 7.68. The Morgan fingerprint density at radius 1 is 0.784 bits per heavy atom. The fourth-order valence-electron chi connectivity index (χ4n) is 4.73. The van der Waals surface area contributed by atoms with E-state index in [2.05, 4.69) is 54.2 Å². The minimum atomic E-state index is -1.70. The smallest absolute Gasteiger partial charge is 0.265 e. The molecular formula is C34H43IN8O8. The maximum Gasteiger partial charge on any atom is 0.265 e. The van der Waals surface area contributed by atoms with Crippen molar-refractivity contribution in [3.05, 3.63) is 76.0 Å². The number of nitrogens with one attached hydrogen (secondary N) is 5. The van der Waals surface area contributed by atoms with Gasteiger partial charge in [0.15, 0.2) is 6.17 Å². The molecule has 6 atom stereocenters. The van der Waals surface area contributed by atoms with Crippen LogP contribution in [0, 0.1) is 3.57 Å². The van der Waals surface area contributed by atoms with Crippen molar-refractivity contribution in [2.24, 2.45) is 11.5 Å². The Balaban J connectivity index is 1.57. The molecule has 17 heteroatoms. The zero-order valence-corrected chi connectivity index (χ0v) is 30.5. The van der Waals surface area contributed by atoms with Gasteiger partial charge in [0.2, 0.25) is 23.5 Å². The van der Waals surface area contributed by atoms with E-state index in [1.807, 2.05) is 24.3 Å². The van der Waals surface area contributed by atoms with Crippen LogP contribution in [0.1, 0.15) is 61.1 Å².